The Morgan fingerprint density at radius 1 is 1.33 bits per heavy atom. The number of aromatic nitrogens is 2. The number of nitrogens with one attached hydrogen (secondary N) is 2. The van der Waals surface area contributed by atoms with E-state index in [1.165, 1.54) is 0 Å². The van der Waals surface area contributed by atoms with Crippen LogP contribution < -0.4 is 5.32 Å². The molecule has 1 amide bonds. The number of nitrogens with zero attached hydrogens (tertiary/aromatic N) is 4. The molecular formula is C17H16N6O. The van der Waals surface area contributed by atoms with Crippen molar-refractivity contribution in [3.05, 3.63) is 48.8 Å². The fourth-order valence-corrected chi connectivity index (χ4v) is 2.83. The number of aliphatic imine (C=N–C) groups is 1. The Kier molecular flexibility index (Phi) is 3.26. The molecule has 0 fully saturated rings. The summed E-state index contributed by atoms with van der Waals surface area (Å²) in [6, 6.07) is 9.73. The van der Waals surface area contributed by atoms with Gasteiger partial charge in [-0.25, -0.2) is 5.01 Å². The van der Waals surface area contributed by atoms with Gasteiger partial charge in [-0.15, -0.1) is 0 Å². The first-order valence-electron chi connectivity index (χ1n) is 7.62. The van der Waals surface area contributed by atoms with Crippen molar-refractivity contribution in [1.29, 1.82) is 0 Å². The maximum atomic E-state index is 12.9. The van der Waals surface area contributed by atoms with Gasteiger partial charge in [0.05, 0.1) is 17.6 Å². The van der Waals surface area contributed by atoms with Gasteiger partial charge in [0.2, 0.25) is 5.91 Å². The summed E-state index contributed by atoms with van der Waals surface area (Å²) in [7, 11) is 0. The van der Waals surface area contributed by atoms with Crippen molar-refractivity contribution in [2.75, 3.05) is 5.32 Å². The van der Waals surface area contributed by atoms with E-state index in [1.807, 2.05) is 37.3 Å². The van der Waals surface area contributed by atoms with Crippen molar-refractivity contribution in [3.8, 4) is 11.3 Å². The Labute approximate surface area is 138 Å². The number of fused-ring (bicyclic) bond motifs is 1. The van der Waals surface area contributed by atoms with Crippen molar-refractivity contribution >= 4 is 24.0 Å². The van der Waals surface area contributed by atoms with Crippen LogP contribution in [0.3, 0.4) is 0 Å². The number of amides is 1. The maximum absolute atomic E-state index is 12.9. The molecule has 0 saturated heterocycles. The van der Waals surface area contributed by atoms with Crippen LogP contribution in [0, 0.1) is 5.41 Å². The molecule has 0 spiro atoms. The van der Waals surface area contributed by atoms with Crippen molar-refractivity contribution in [2.24, 2.45) is 15.5 Å². The minimum absolute atomic E-state index is 0.176. The van der Waals surface area contributed by atoms with Crippen LogP contribution in [0.4, 0.5) is 5.69 Å². The molecule has 2 atom stereocenters. The van der Waals surface area contributed by atoms with Crippen molar-refractivity contribution in [1.82, 2.24) is 15.2 Å². The molecule has 2 N–H and O–H groups in total. The van der Waals surface area contributed by atoms with Gasteiger partial charge >= 0.3 is 0 Å². The summed E-state index contributed by atoms with van der Waals surface area (Å²) in [5.74, 6) is -0.176. The average molecular weight is 320 g/mol. The molecule has 0 aliphatic carbocycles. The molecule has 4 rings (SSSR count). The molecule has 3 heterocycles. The van der Waals surface area contributed by atoms with Crippen LogP contribution in [0.5, 0.6) is 0 Å². The molecule has 24 heavy (non-hydrogen) atoms. The first-order valence-corrected chi connectivity index (χ1v) is 7.62. The molecule has 7 nitrogen and oxygen atoms in total. The lowest BCUT2D eigenvalue weighted by Gasteiger charge is -2.29. The second-order valence-electron chi connectivity index (χ2n) is 5.90. The lowest BCUT2D eigenvalue weighted by atomic mass is 9.87. The molecule has 120 valence electrons. The molecule has 2 unspecified atom stereocenters. The number of hydrazone groups is 1. The summed E-state index contributed by atoms with van der Waals surface area (Å²) in [6.07, 6.45) is 8.17. The van der Waals surface area contributed by atoms with E-state index >= 15 is 0 Å². The van der Waals surface area contributed by atoms with Gasteiger partial charge in [0.15, 0.2) is 6.17 Å². The van der Waals surface area contributed by atoms with Gasteiger partial charge in [0.1, 0.15) is 5.41 Å². The van der Waals surface area contributed by atoms with Crippen LogP contribution in [0.15, 0.2) is 58.9 Å². The van der Waals surface area contributed by atoms with Crippen LogP contribution >= 0.6 is 0 Å². The molecule has 7 heteroatoms. The normalized spacial score (nSPS) is 24.2. The van der Waals surface area contributed by atoms with E-state index in [0.717, 1.165) is 11.3 Å². The zero-order valence-electron chi connectivity index (χ0n) is 13.0. The average Bonchev–Trinajstić information content (AvgIpc) is 3.22. The van der Waals surface area contributed by atoms with Crippen molar-refractivity contribution in [3.63, 3.8) is 0 Å². The lowest BCUT2D eigenvalue weighted by molar-refractivity contribution is -0.123. The minimum atomic E-state index is -0.855. The number of hydrogen-bond donors (Lipinski definition) is 2. The Bertz CT molecular complexity index is 853. The van der Waals surface area contributed by atoms with E-state index < -0.39 is 5.41 Å². The summed E-state index contributed by atoms with van der Waals surface area (Å²) < 4.78 is 0. The number of hydrogen-bond acceptors (Lipinski definition) is 5. The predicted molar refractivity (Wildman–Crippen MR) is 92.5 cm³/mol. The van der Waals surface area contributed by atoms with Gasteiger partial charge in [0.25, 0.3) is 0 Å². The molecule has 2 aliphatic rings. The standard InChI is InChI=1S/C17H16N6O/c1-17(11-20-23-9-5-8-18-15(17)23)16(24)21-13-10-19-22-14(13)12-6-3-2-4-7-12/h2-11,15H,1H3,(H,19,22)(H,21,24). The monoisotopic (exact) mass is 320 g/mol. The second-order valence-corrected chi connectivity index (χ2v) is 5.90. The summed E-state index contributed by atoms with van der Waals surface area (Å²) in [4.78, 5) is 17.3. The first kappa shape index (κ1) is 14.4. The van der Waals surface area contributed by atoms with Crippen molar-refractivity contribution in [2.45, 2.75) is 13.1 Å². The lowest BCUT2D eigenvalue weighted by Crippen LogP contribution is -2.45. The molecule has 1 aromatic heterocycles. The highest BCUT2D eigenvalue weighted by Crippen LogP contribution is 2.34. The molecule has 0 saturated carbocycles. The molecule has 2 aromatic rings. The van der Waals surface area contributed by atoms with Crippen LogP contribution in [-0.4, -0.2) is 39.7 Å². The number of carbonyl (C=O) groups excluding carboxylic acids is 1. The second kappa shape index (κ2) is 5.45. The number of anilines is 1. The Balaban J connectivity index is 1.60. The van der Waals surface area contributed by atoms with Gasteiger partial charge in [-0.3, -0.25) is 14.9 Å². The summed E-state index contributed by atoms with van der Waals surface area (Å²) in [5.41, 5.74) is 1.50. The molecule has 0 radical (unpaired) electrons. The zero-order chi connectivity index (χ0) is 16.6. The van der Waals surface area contributed by atoms with Crippen LogP contribution in [-0.2, 0) is 4.79 Å². The number of H-pyrrole nitrogens is 1. The maximum Gasteiger partial charge on any atom is 0.240 e. The fraction of sp³-hybridized carbons (Fsp3) is 0.176. The zero-order valence-corrected chi connectivity index (χ0v) is 13.0. The van der Waals surface area contributed by atoms with Gasteiger partial charge in [-0.05, 0) is 13.0 Å². The van der Waals surface area contributed by atoms with Gasteiger partial charge < -0.3 is 5.32 Å². The van der Waals surface area contributed by atoms with E-state index in [0.29, 0.717) is 5.69 Å². The van der Waals surface area contributed by atoms with E-state index in [1.54, 1.807) is 35.9 Å². The van der Waals surface area contributed by atoms with Crippen molar-refractivity contribution < 1.29 is 4.79 Å². The smallest absolute Gasteiger partial charge is 0.240 e. The fourth-order valence-electron chi connectivity index (χ4n) is 2.83. The van der Waals surface area contributed by atoms with Crippen LogP contribution in [0.1, 0.15) is 6.92 Å². The minimum Gasteiger partial charge on any atom is -0.322 e. The van der Waals surface area contributed by atoms with E-state index in [-0.39, 0.29) is 12.1 Å². The summed E-state index contributed by atoms with van der Waals surface area (Å²) >= 11 is 0. The highest BCUT2D eigenvalue weighted by Gasteiger charge is 2.47. The highest BCUT2D eigenvalue weighted by atomic mass is 16.2. The van der Waals surface area contributed by atoms with Gasteiger partial charge in [-0.2, -0.15) is 10.2 Å². The molecular weight excluding hydrogens is 304 g/mol. The predicted octanol–water partition coefficient (Wildman–Crippen LogP) is 2.25. The third-order valence-corrected chi connectivity index (χ3v) is 4.24. The van der Waals surface area contributed by atoms with Crippen LogP contribution in [0.2, 0.25) is 0 Å². The Morgan fingerprint density at radius 3 is 3.00 bits per heavy atom. The van der Waals surface area contributed by atoms with Gasteiger partial charge in [-0.1, -0.05) is 30.3 Å². The molecule has 2 aliphatic heterocycles. The number of carbonyl (C=O) groups is 1. The van der Waals surface area contributed by atoms with E-state index in [9.17, 15) is 4.79 Å². The van der Waals surface area contributed by atoms with Crippen LogP contribution in [0.25, 0.3) is 11.3 Å². The van der Waals surface area contributed by atoms with E-state index in [4.69, 9.17) is 0 Å². The van der Waals surface area contributed by atoms with E-state index in [2.05, 4.69) is 25.6 Å². The summed E-state index contributed by atoms with van der Waals surface area (Å²) in [5, 5.41) is 15.9. The number of benzene rings is 1. The highest BCUT2D eigenvalue weighted by molar-refractivity contribution is 6.08. The van der Waals surface area contributed by atoms with Gasteiger partial charge in [0, 0.05) is 24.2 Å². The number of aromatic amines is 1. The SMILES string of the molecule is CC1(C(=O)Nc2cn[nH]c2-c2ccccc2)C=NN2C=CC=NC21. The third kappa shape index (κ3) is 2.21. The molecule has 0 bridgehead atoms. The summed E-state index contributed by atoms with van der Waals surface area (Å²) in [6.45, 7) is 1.83. The Morgan fingerprint density at radius 2 is 2.17 bits per heavy atom. The molecule has 1 aromatic carbocycles. The number of rotatable bonds is 3. The largest absolute Gasteiger partial charge is 0.322 e. The third-order valence-electron chi connectivity index (χ3n) is 4.24. The number of allylic oxidation sites excluding steroid dienone is 1. The Hall–Kier alpha value is -3.22. The topological polar surface area (TPSA) is 85.7 Å². The quantitative estimate of drug-likeness (QED) is 0.909. The first-order chi connectivity index (χ1) is 11.7.